The molecular weight excluding hydrogens is 274 g/mol. The summed E-state index contributed by atoms with van der Waals surface area (Å²) in [5, 5.41) is 5.40. The molecule has 1 aromatic carbocycles. The van der Waals surface area contributed by atoms with Gasteiger partial charge in [0.25, 0.3) is 11.8 Å². The molecule has 0 aliphatic carbocycles. The first-order valence-electron chi connectivity index (χ1n) is 6.76. The number of rotatable bonds is 1. The molecule has 2 aliphatic heterocycles. The van der Waals surface area contributed by atoms with Crippen LogP contribution in [-0.4, -0.2) is 48.9 Å². The normalized spacial score (nSPS) is 18.0. The summed E-state index contributed by atoms with van der Waals surface area (Å²) in [5.74, 6) is 0.112. The van der Waals surface area contributed by atoms with Crippen molar-refractivity contribution in [2.45, 2.75) is 6.42 Å². The topological polar surface area (TPSA) is 87.7 Å². The lowest BCUT2D eigenvalue weighted by Gasteiger charge is -2.22. The lowest BCUT2D eigenvalue weighted by Crippen LogP contribution is -2.34. The van der Waals surface area contributed by atoms with E-state index >= 15 is 0 Å². The van der Waals surface area contributed by atoms with Crippen molar-refractivity contribution in [2.75, 3.05) is 31.6 Å². The number of carbonyl (C=O) groups is 3. The van der Waals surface area contributed by atoms with Crippen LogP contribution in [0.5, 0.6) is 5.75 Å². The minimum Gasteiger partial charge on any atom is -0.482 e. The molecule has 1 saturated heterocycles. The maximum Gasteiger partial charge on any atom is 0.262 e. The van der Waals surface area contributed by atoms with E-state index in [1.807, 2.05) is 0 Å². The molecule has 2 N–H and O–H groups in total. The van der Waals surface area contributed by atoms with Crippen molar-refractivity contribution < 1.29 is 19.1 Å². The van der Waals surface area contributed by atoms with Crippen molar-refractivity contribution in [1.82, 2.24) is 10.2 Å². The van der Waals surface area contributed by atoms with E-state index in [2.05, 4.69) is 10.6 Å². The first-order valence-corrected chi connectivity index (χ1v) is 6.76. The molecular formula is C14H15N3O4. The van der Waals surface area contributed by atoms with E-state index in [0.29, 0.717) is 43.1 Å². The van der Waals surface area contributed by atoms with Crippen LogP contribution in [0.15, 0.2) is 18.2 Å². The number of amides is 3. The summed E-state index contributed by atoms with van der Waals surface area (Å²) in [6, 6.07) is 4.94. The quantitative estimate of drug-likeness (QED) is 0.760. The molecule has 0 atom stereocenters. The fourth-order valence-corrected chi connectivity index (χ4v) is 2.37. The summed E-state index contributed by atoms with van der Waals surface area (Å²) < 4.78 is 5.26. The van der Waals surface area contributed by atoms with Gasteiger partial charge in [-0.25, -0.2) is 0 Å². The molecule has 0 saturated carbocycles. The Balaban J connectivity index is 1.80. The number of hydrogen-bond donors (Lipinski definition) is 2. The molecule has 2 heterocycles. The van der Waals surface area contributed by atoms with E-state index in [1.165, 1.54) is 0 Å². The number of benzene rings is 1. The molecule has 1 aromatic rings. The second-order valence-corrected chi connectivity index (χ2v) is 4.94. The maximum atomic E-state index is 12.5. The highest BCUT2D eigenvalue weighted by molar-refractivity contribution is 6.00. The predicted molar refractivity (Wildman–Crippen MR) is 74.1 cm³/mol. The summed E-state index contributed by atoms with van der Waals surface area (Å²) in [6.07, 6.45) is 0.302. The fourth-order valence-electron chi connectivity index (χ4n) is 2.37. The highest BCUT2D eigenvalue weighted by atomic mass is 16.5. The van der Waals surface area contributed by atoms with Crippen LogP contribution in [0.1, 0.15) is 16.8 Å². The predicted octanol–water partition coefficient (Wildman–Crippen LogP) is -0.0204. The van der Waals surface area contributed by atoms with Gasteiger partial charge in [-0.05, 0) is 18.2 Å². The van der Waals surface area contributed by atoms with Crippen LogP contribution < -0.4 is 15.4 Å². The second-order valence-electron chi connectivity index (χ2n) is 4.94. The molecule has 0 radical (unpaired) electrons. The van der Waals surface area contributed by atoms with Gasteiger partial charge in [-0.2, -0.15) is 0 Å². The maximum absolute atomic E-state index is 12.5. The van der Waals surface area contributed by atoms with Crippen LogP contribution in [0.25, 0.3) is 0 Å². The van der Waals surface area contributed by atoms with Crippen LogP contribution in [0.3, 0.4) is 0 Å². The first kappa shape index (κ1) is 13.4. The third-order valence-corrected chi connectivity index (χ3v) is 3.46. The average molecular weight is 289 g/mol. The van der Waals surface area contributed by atoms with Gasteiger partial charge in [0.2, 0.25) is 5.91 Å². The Morgan fingerprint density at radius 1 is 1.19 bits per heavy atom. The standard InChI is InChI=1S/C14H15N3O4/c18-12-3-5-17(6-4-15-12)14(20)9-1-2-11-10(7-9)16-13(19)8-21-11/h1-2,7H,3-6,8H2,(H,15,18)(H,16,19). The van der Waals surface area contributed by atoms with E-state index < -0.39 is 0 Å². The highest BCUT2D eigenvalue weighted by Crippen LogP contribution is 2.28. The van der Waals surface area contributed by atoms with E-state index in [1.54, 1.807) is 23.1 Å². The van der Waals surface area contributed by atoms with Crippen LogP contribution in [0.2, 0.25) is 0 Å². The molecule has 7 nitrogen and oxygen atoms in total. The van der Waals surface area contributed by atoms with E-state index in [9.17, 15) is 14.4 Å². The van der Waals surface area contributed by atoms with Gasteiger partial charge in [0.1, 0.15) is 5.75 Å². The summed E-state index contributed by atoms with van der Waals surface area (Å²) in [7, 11) is 0. The van der Waals surface area contributed by atoms with Gasteiger partial charge in [0, 0.05) is 31.6 Å². The molecule has 0 aromatic heterocycles. The number of hydrogen-bond acceptors (Lipinski definition) is 4. The van der Waals surface area contributed by atoms with E-state index in [4.69, 9.17) is 4.74 Å². The largest absolute Gasteiger partial charge is 0.482 e. The Morgan fingerprint density at radius 3 is 2.90 bits per heavy atom. The van der Waals surface area contributed by atoms with Gasteiger partial charge in [0.05, 0.1) is 5.69 Å². The summed E-state index contributed by atoms with van der Waals surface area (Å²) >= 11 is 0. The highest BCUT2D eigenvalue weighted by Gasteiger charge is 2.22. The van der Waals surface area contributed by atoms with Crippen LogP contribution in [-0.2, 0) is 9.59 Å². The number of nitrogens with zero attached hydrogens (tertiary/aromatic N) is 1. The van der Waals surface area contributed by atoms with Gasteiger partial charge in [-0.3, -0.25) is 14.4 Å². The Labute approximate surface area is 121 Å². The van der Waals surface area contributed by atoms with E-state index in [-0.39, 0.29) is 24.3 Å². The molecule has 21 heavy (non-hydrogen) atoms. The van der Waals surface area contributed by atoms with Crippen molar-refractivity contribution in [2.24, 2.45) is 0 Å². The average Bonchev–Trinajstić information content (AvgIpc) is 2.70. The van der Waals surface area contributed by atoms with Gasteiger partial charge < -0.3 is 20.3 Å². The Bertz CT molecular complexity index is 614. The van der Waals surface area contributed by atoms with Crippen molar-refractivity contribution in [3.8, 4) is 5.75 Å². The zero-order chi connectivity index (χ0) is 14.8. The number of nitrogens with one attached hydrogen (secondary N) is 2. The molecule has 0 bridgehead atoms. The van der Waals surface area contributed by atoms with Crippen LogP contribution >= 0.6 is 0 Å². The molecule has 110 valence electrons. The summed E-state index contributed by atoms with van der Waals surface area (Å²) in [5.41, 5.74) is 0.968. The third-order valence-electron chi connectivity index (χ3n) is 3.46. The first-order chi connectivity index (χ1) is 10.1. The third kappa shape index (κ3) is 2.81. The minimum absolute atomic E-state index is 0.0137. The molecule has 1 fully saturated rings. The van der Waals surface area contributed by atoms with Gasteiger partial charge in [0.15, 0.2) is 6.61 Å². The zero-order valence-electron chi connectivity index (χ0n) is 11.3. The van der Waals surface area contributed by atoms with Crippen molar-refractivity contribution in [3.05, 3.63) is 23.8 Å². The molecule has 3 rings (SSSR count). The van der Waals surface area contributed by atoms with Crippen LogP contribution in [0.4, 0.5) is 5.69 Å². The molecule has 0 unspecified atom stereocenters. The smallest absolute Gasteiger partial charge is 0.262 e. The van der Waals surface area contributed by atoms with Crippen molar-refractivity contribution in [1.29, 1.82) is 0 Å². The Hall–Kier alpha value is -2.57. The van der Waals surface area contributed by atoms with Crippen molar-refractivity contribution in [3.63, 3.8) is 0 Å². The number of fused-ring (bicyclic) bond motifs is 1. The Morgan fingerprint density at radius 2 is 2.05 bits per heavy atom. The fraction of sp³-hybridized carbons (Fsp3) is 0.357. The second kappa shape index (κ2) is 5.43. The van der Waals surface area contributed by atoms with Gasteiger partial charge >= 0.3 is 0 Å². The molecule has 3 amide bonds. The Kier molecular flexibility index (Phi) is 3.47. The monoisotopic (exact) mass is 289 g/mol. The lowest BCUT2D eigenvalue weighted by molar-refractivity contribution is -0.120. The van der Waals surface area contributed by atoms with E-state index in [0.717, 1.165) is 0 Å². The van der Waals surface area contributed by atoms with Gasteiger partial charge in [-0.15, -0.1) is 0 Å². The zero-order valence-corrected chi connectivity index (χ0v) is 11.3. The summed E-state index contributed by atoms with van der Waals surface area (Å²) in [6.45, 7) is 1.31. The number of ether oxygens (including phenoxy) is 1. The molecule has 7 heteroatoms. The van der Waals surface area contributed by atoms with Crippen LogP contribution in [0, 0.1) is 0 Å². The lowest BCUT2D eigenvalue weighted by atomic mass is 10.1. The summed E-state index contributed by atoms with van der Waals surface area (Å²) in [4.78, 5) is 36.7. The number of anilines is 1. The number of carbonyl (C=O) groups excluding carboxylic acids is 3. The molecule has 0 spiro atoms. The minimum atomic E-state index is -0.239. The molecule has 2 aliphatic rings. The van der Waals surface area contributed by atoms with Gasteiger partial charge in [-0.1, -0.05) is 0 Å². The van der Waals surface area contributed by atoms with Crippen molar-refractivity contribution >= 4 is 23.4 Å². The SMILES string of the molecule is O=C1CCN(C(=O)c2ccc3c(c2)NC(=O)CO3)CCN1.